The van der Waals surface area contributed by atoms with E-state index >= 15 is 0 Å². The first-order valence-corrected chi connectivity index (χ1v) is 4.45. The standard InChI is InChI=1S/C8H8BClN2O2/c1-12-4-5-7(11-12)3-2-6(8(5)10)9(13)14/h2-4,13-14H,1H3. The number of fused-ring (bicyclic) bond motifs is 1. The summed E-state index contributed by atoms with van der Waals surface area (Å²) in [5.74, 6) is 0. The van der Waals surface area contributed by atoms with Crippen molar-refractivity contribution in [2.75, 3.05) is 0 Å². The molecule has 0 saturated heterocycles. The fraction of sp³-hybridized carbons (Fsp3) is 0.125. The molecule has 6 heteroatoms. The molecule has 2 aromatic rings. The quantitative estimate of drug-likeness (QED) is 0.647. The van der Waals surface area contributed by atoms with Gasteiger partial charge in [0, 0.05) is 24.1 Å². The van der Waals surface area contributed by atoms with Gasteiger partial charge in [-0.05, 0) is 6.07 Å². The average Bonchev–Trinajstić information content (AvgIpc) is 2.46. The minimum absolute atomic E-state index is 0.298. The van der Waals surface area contributed by atoms with Crippen molar-refractivity contribution in [3.63, 3.8) is 0 Å². The zero-order valence-electron chi connectivity index (χ0n) is 7.48. The molecule has 0 fully saturated rings. The first-order chi connectivity index (χ1) is 6.59. The highest BCUT2D eigenvalue weighted by molar-refractivity contribution is 6.63. The predicted molar refractivity (Wildman–Crippen MR) is 55.5 cm³/mol. The summed E-state index contributed by atoms with van der Waals surface area (Å²) in [7, 11) is 0.234. The number of aromatic nitrogens is 2. The fourth-order valence-corrected chi connectivity index (χ4v) is 1.70. The van der Waals surface area contributed by atoms with E-state index in [-0.39, 0.29) is 0 Å². The minimum atomic E-state index is -1.55. The second-order valence-corrected chi connectivity index (χ2v) is 3.46. The molecule has 0 aliphatic rings. The average molecular weight is 210 g/mol. The zero-order chi connectivity index (χ0) is 10.3. The summed E-state index contributed by atoms with van der Waals surface area (Å²) < 4.78 is 1.63. The first-order valence-electron chi connectivity index (χ1n) is 4.07. The van der Waals surface area contributed by atoms with Crippen molar-refractivity contribution in [1.82, 2.24) is 9.78 Å². The number of benzene rings is 1. The largest absolute Gasteiger partial charge is 0.489 e. The van der Waals surface area contributed by atoms with Gasteiger partial charge < -0.3 is 10.0 Å². The molecule has 0 radical (unpaired) electrons. The minimum Gasteiger partial charge on any atom is -0.423 e. The van der Waals surface area contributed by atoms with Crippen molar-refractivity contribution in [2.24, 2.45) is 7.05 Å². The van der Waals surface area contributed by atoms with Crippen molar-refractivity contribution >= 4 is 35.1 Å². The molecule has 2 N–H and O–H groups in total. The van der Waals surface area contributed by atoms with Gasteiger partial charge in [0.25, 0.3) is 0 Å². The summed E-state index contributed by atoms with van der Waals surface area (Å²) in [6.45, 7) is 0. The number of hydrogen-bond donors (Lipinski definition) is 2. The Bertz CT molecular complexity index is 483. The Labute approximate surface area is 85.9 Å². The van der Waals surface area contributed by atoms with Crippen LogP contribution in [0.1, 0.15) is 0 Å². The van der Waals surface area contributed by atoms with Crippen molar-refractivity contribution in [2.45, 2.75) is 0 Å². The van der Waals surface area contributed by atoms with Crippen LogP contribution in [-0.4, -0.2) is 26.9 Å². The van der Waals surface area contributed by atoms with Gasteiger partial charge >= 0.3 is 7.12 Å². The van der Waals surface area contributed by atoms with Gasteiger partial charge in [0.2, 0.25) is 0 Å². The molecule has 1 heterocycles. The van der Waals surface area contributed by atoms with Gasteiger partial charge in [0.1, 0.15) is 0 Å². The van der Waals surface area contributed by atoms with E-state index in [2.05, 4.69) is 5.10 Å². The van der Waals surface area contributed by atoms with Crippen molar-refractivity contribution in [3.05, 3.63) is 23.4 Å². The second kappa shape index (κ2) is 3.27. The molecule has 0 atom stereocenters. The monoisotopic (exact) mass is 210 g/mol. The van der Waals surface area contributed by atoms with Crippen LogP contribution in [0.25, 0.3) is 10.9 Å². The van der Waals surface area contributed by atoms with E-state index in [1.165, 1.54) is 0 Å². The summed E-state index contributed by atoms with van der Waals surface area (Å²) in [5, 5.41) is 23.2. The van der Waals surface area contributed by atoms with Crippen LogP contribution in [0.5, 0.6) is 0 Å². The maximum Gasteiger partial charge on any atom is 0.489 e. The molecule has 1 aromatic heterocycles. The number of halogens is 1. The maximum absolute atomic E-state index is 9.01. The van der Waals surface area contributed by atoms with Crippen LogP contribution in [0.4, 0.5) is 0 Å². The molecule has 0 amide bonds. The topological polar surface area (TPSA) is 58.3 Å². The van der Waals surface area contributed by atoms with E-state index in [1.54, 1.807) is 30.1 Å². The molecular formula is C8H8BClN2O2. The van der Waals surface area contributed by atoms with E-state index in [9.17, 15) is 0 Å². The Balaban J connectivity index is 2.74. The third-order valence-electron chi connectivity index (χ3n) is 2.05. The van der Waals surface area contributed by atoms with Crippen molar-refractivity contribution < 1.29 is 10.0 Å². The summed E-state index contributed by atoms with van der Waals surface area (Å²) in [6, 6.07) is 3.26. The van der Waals surface area contributed by atoms with Crippen LogP contribution in [-0.2, 0) is 7.05 Å². The molecule has 14 heavy (non-hydrogen) atoms. The van der Waals surface area contributed by atoms with Gasteiger partial charge in [-0.15, -0.1) is 0 Å². The lowest BCUT2D eigenvalue weighted by Gasteiger charge is -2.01. The zero-order valence-corrected chi connectivity index (χ0v) is 8.23. The number of aryl methyl sites for hydroxylation is 1. The fourth-order valence-electron chi connectivity index (χ4n) is 1.39. The van der Waals surface area contributed by atoms with Crippen LogP contribution in [0, 0.1) is 0 Å². The molecule has 4 nitrogen and oxygen atoms in total. The van der Waals surface area contributed by atoms with Gasteiger partial charge in [-0.1, -0.05) is 17.7 Å². The summed E-state index contributed by atoms with van der Waals surface area (Å²) >= 11 is 5.98. The SMILES string of the molecule is Cn1cc2c(Cl)c(B(O)O)ccc2n1. The van der Waals surface area contributed by atoms with E-state index in [0.717, 1.165) is 10.9 Å². The molecule has 0 aliphatic carbocycles. The highest BCUT2D eigenvalue weighted by atomic mass is 35.5. The van der Waals surface area contributed by atoms with Crippen LogP contribution in [0.2, 0.25) is 5.02 Å². The van der Waals surface area contributed by atoms with Gasteiger partial charge in [-0.3, -0.25) is 4.68 Å². The summed E-state index contributed by atoms with van der Waals surface area (Å²) in [5.41, 5.74) is 1.04. The van der Waals surface area contributed by atoms with Gasteiger partial charge in [0.05, 0.1) is 10.5 Å². The molecule has 1 aromatic carbocycles. The van der Waals surface area contributed by atoms with Crippen LogP contribution >= 0.6 is 11.6 Å². The summed E-state index contributed by atoms with van der Waals surface area (Å²) in [6.07, 6.45) is 1.74. The van der Waals surface area contributed by atoms with E-state index in [4.69, 9.17) is 21.6 Å². The van der Waals surface area contributed by atoms with E-state index < -0.39 is 7.12 Å². The lowest BCUT2D eigenvalue weighted by atomic mass is 9.80. The van der Waals surface area contributed by atoms with E-state index in [0.29, 0.717) is 10.5 Å². The Morgan fingerprint density at radius 3 is 2.79 bits per heavy atom. The third kappa shape index (κ3) is 1.39. The van der Waals surface area contributed by atoms with Gasteiger partial charge in [0.15, 0.2) is 0 Å². The Kier molecular flexibility index (Phi) is 2.22. The molecule has 72 valence electrons. The predicted octanol–water partition coefficient (Wildman–Crippen LogP) is -0.0935. The first kappa shape index (κ1) is 9.52. The van der Waals surface area contributed by atoms with Crippen LogP contribution in [0.15, 0.2) is 18.3 Å². The molecule has 2 rings (SSSR count). The highest BCUT2D eigenvalue weighted by Gasteiger charge is 2.17. The maximum atomic E-state index is 9.01. The number of nitrogens with zero attached hydrogens (tertiary/aromatic N) is 2. The normalized spacial score (nSPS) is 10.9. The third-order valence-corrected chi connectivity index (χ3v) is 2.47. The molecule has 0 aliphatic heterocycles. The lowest BCUT2D eigenvalue weighted by Crippen LogP contribution is -2.30. The Morgan fingerprint density at radius 2 is 2.14 bits per heavy atom. The Hall–Kier alpha value is -1.04. The number of rotatable bonds is 1. The van der Waals surface area contributed by atoms with Crippen molar-refractivity contribution in [3.8, 4) is 0 Å². The molecule has 0 saturated carbocycles. The highest BCUT2D eigenvalue weighted by Crippen LogP contribution is 2.20. The van der Waals surface area contributed by atoms with Gasteiger partial charge in [-0.25, -0.2) is 0 Å². The van der Waals surface area contributed by atoms with E-state index in [1.807, 2.05) is 0 Å². The van der Waals surface area contributed by atoms with Gasteiger partial charge in [-0.2, -0.15) is 5.10 Å². The molecule has 0 bridgehead atoms. The molecule has 0 spiro atoms. The smallest absolute Gasteiger partial charge is 0.423 e. The van der Waals surface area contributed by atoms with Crippen molar-refractivity contribution in [1.29, 1.82) is 0 Å². The number of hydrogen-bond acceptors (Lipinski definition) is 3. The van der Waals surface area contributed by atoms with Crippen LogP contribution < -0.4 is 5.46 Å². The lowest BCUT2D eigenvalue weighted by molar-refractivity contribution is 0.426. The second-order valence-electron chi connectivity index (χ2n) is 3.08. The molecule has 0 unspecified atom stereocenters. The summed E-state index contributed by atoms with van der Waals surface area (Å²) in [4.78, 5) is 0. The van der Waals surface area contributed by atoms with Crippen LogP contribution in [0.3, 0.4) is 0 Å². The molecular weight excluding hydrogens is 202 g/mol. The Morgan fingerprint density at radius 1 is 1.43 bits per heavy atom.